The van der Waals surface area contributed by atoms with Gasteiger partial charge in [-0.1, -0.05) is 32.9 Å². The lowest BCUT2D eigenvalue weighted by atomic mass is 9.95. The normalized spacial score (nSPS) is 16.1. The first kappa shape index (κ1) is 29.8. The Morgan fingerprint density at radius 2 is 1.91 bits per heavy atom. The lowest BCUT2D eigenvalue weighted by Gasteiger charge is -2.25. The molecule has 4 aromatic rings. The standard InChI is InChI=1S/C32H33F2N11/c1-19-23(6-5-7-26(19)44-18-37-17-40-44)29(25-15-45(43-42-25)32(8-9-32)30(33)34)41-22-10-20(12-35)27-24(11-22)28(21(13-36)14-38-27)39-16-31(2,3)4/h5-7,10-11,14-15,17-18,29-30,41-43H,8-9,16H2,1-4H3,(H,38,39)/t29-/m0/s1. The fourth-order valence-corrected chi connectivity index (χ4v) is 5.53. The number of hydrogen-bond acceptors (Lipinski definition) is 10. The molecule has 1 saturated carbocycles. The molecule has 2 aromatic heterocycles. The van der Waals surface area contributed by atoms with Crippen LogP contribution >= 0.6 is 0 Å². The summed E-state index contributed by atoms with van der Waals surface area (Å²) in [6, 6.07) is 13.2. The number of hydrogen-bond donors (Lipinski definition) is 4. The second kappa shape index (κ2) is 11.3. The highest BCUT2D eigenvalue weighted by molar-refractivity contribution is 5.99. The number of fused-ring (bicyclic) bond motifs is 1. The molecular formula is C32H33F2N11. The van der Waals surface area contributed by atoms with Crippen LogP contribution in [0.15, 0.2) is 61.1 Å². The molecule has 6 rings (SSSR count). The van der Waals surface area contributed by atoms with Gasteiger partial charge in [0, 0.05) is 30.0 Å². The topological polar surface area (TPSA) is 143 Å². The van der Waals surface area contributed by atoms with Gasteiger partial charge in [0.2, 0.25) is 0 Å². The lowest BCUT2D eigenvalue weighted by molar-refractivity contribution is 0.00911. The third kappa shape index (κ3) is 5.58. The summed E-state index contributed by atoms with van der Waals surface area (Å²) in [6.45, 7) is 8.80. The summed E-state index contributed by atoms with van der Waals surface area (Å²) in [5.74, 6) is 0. The molecule has 4 N–H and O–H groups in total. The first-order chi connectivity index (χ1) is 21.5. The predicted octanol–water partition coefficient (Wildman–Crippen LogP) is 5.44. The molecule has 0 radical (unpaired) electrons. The summed E-state index contributed by atoms with van der Waals surface area (Å²) >= 11 is 0. The van der Waals surface area contributed by atoms with E-state index in [1.54, 1.807) is 23.3 Å². The molecule has 2 aromatic carbocycles. The number of nitriles is 2. The van der Waals surface area contributed by atoms with E-state index in [1.807, 2.05) is 31.2 Å². The minimum absolute atomic E-state index is 0.0788. The second-order valence-corrected chi connectivity index (χ2v) is 12.6. The van der Waals surface area contributed by atoms with Crippen molar-refractivity contribution in [2.45, 2.75) is 58.5 Å². The van der Waals surface area contributed by atoms with Crippen LogP contribution in [-0.2, 0) is 0 Å². The third-order valence-corrected chi connectivity index (χ3v) is 8.19. The smallest absolute Gasteiger partial charge is 0.262 e. The molecule has 1 aliphatic carbocycles. The molecule has 0 bridgehead atoms. The van der Waals surface area contributed by atoms with Crippen LogP contribution in [0.25, 0.3) is 16.6 Å². The van der Waals surface area contributed by atoms with Crippen LogP contribution in [0, 0.1) is 35.0 Å². The largest absolute Gasteiger partial charge is 0.383 e. The summed E-state index contributed by atoms with van der Waals surface area (Å²) in [7, 11) is 0. The number of aromatic nitrogens is 4. The van der Waals surface area contributed by atoms with Gasteiger partial charge in [0.25, 0.3) is 6.43 Å². The summed E-state index contributed by atoms with van der Waals surface area (Å²) in [4.78, 5) is 8.54. The Morgan fingerprint density at radius 1 is 1.13 bits per heavy atom. The van der Waals surface area contributed by atoms with E-state index in [9.17, 15) is 19.3 Å². The van der Waals surface area contributed by atoms with Gasteiger partial charge >= 0.3 is 0 Å². The molecule has 1 aliphatic heterocycles. The van der Waals surface area contributed by atoms with Gasteiger partial charge in [-0.25, -0.2) is 18.4 Å². The predicted molar refractivity (Wildman–Crippen MR) is 166 cm³/mol. The Hall–Kier alpha value is -5.27. The molecule has 0 spiro atoms. The fraction of sp³-hybridized carbons (Fsp3) is 0.344. The van der Waals surface area contributed by atoms with E-state index in [-0.39, 0.29) is 5.41 Å². The van der Waals surface area contributed by atoms with Crippen molar-refractivity contribution in [1.29, 1.82) is 10.5 Å². The van der Waals surface area contributed by atoms with Crippen LogP contribution in [0.4, 0.5) is 20.2 Å². The van der Waals surface area contributed by atoms with E-state index in [4.69, 9.17) is 0 Å². The zero-order valence-corrected chi connectivity index (χ0v) is 25.4. The van der Waals surface area contributed by atoms with Crippen molar-refractivity contribution >= 4 is 22.3 Å². The van der Waals surface area contributed by atoms with Gasteiger partial charge in [-0.2, -0.15) is 15.6 Å². The Balaban J connectivity index is 1.48. The van der Waals surface area contributed by atoms with Crippen LogP contribution in [0.3, 0.4) is 0 Å². The van der Waals surface area contributed by atoms with Crippen molar-refractivity contribution in [1.82, 2.24) is 35.7 Å². The number of benzene rings is 2. The first-order valence-electron chi connectivity index (χ1n) is 14.6. The van der Waals surface area contributed by atoms with E-state index in [0.717, 1.165) is 16.8 Å². The van der Waals surface area contributed by atoms with Gasteiger partial charge in [0.15, 0.2) is 0 Å². The van der Waals surface area contributed by atoms with Crippen LogP contribution in [-0.4, -0.2) is 43.3 Å². The average molecular weight is 610 g/mol. The minimum Gasteiger partial charge on any atom is -0.383 e. The molecule has 11 nitrogen and oxygen atoms in total. The van der Waals surface area contributed by atoms with E-state index in [1.165, 1.54) is 17.5 Å². The summed E-state index contributed by atoms with van der Waals surface area (Å²) < 4.78 is 29.7. The van der Waals surface area contributed by atoms with Gasteiger partial charge in [0.1, 0.15) is 30.3 Å². The van der Waals surface area contributed by atoms with Crippen LogP contribution in [0.2, 0.25) is 0 Å². The van der Waals surface area contributed by atoms with Crippen molar-refractivity contribution in [2.24, 2.45) is 5.41 Å². The number of nitrogens with zero attached hydrogens (tertiary/aromatic N) is 7. The molecule has 1 atom stereocenters. The molecule has 0 unspecified atom stereocenters. The molecule has 3 heterocycles. The zero-order valence-electron chi connectivity index (χ0n) is 25.4. The Bertz CT molecular complexity index is 1860. The number of halogens is 2. The fourth-order valence-electron chi connectivity index (χ4n) is 5.53. The number of anilines is 2. The van der Waals surface area contributed by atoms with Crippen LogP contribution in [0.1, 0.15) is 61.9 Å². The summed E-state index contributed by atoms with van der Waals surface area (Å²) in [5, 5.41) is 33.4. The van der Waals surface area contributed by atoms with E-state index < -0.39 is 18.0 Å². The maximum Gasteiger partial charge on any atom is 0.262 e. The number of pyridine rings is 1. The van der Waals surface area contributed by atoms with Gasteiger partial charge in [-0.3, -0.25) is 9.99 Å². The Labute approximate surface area is 259 Å². The van der Waals surface area contributed by atoms with Gasteiger partial charge in [-0.15, -0.1) is 5.53 Å². The Morgan fingerprint density at radius 3 is 2.56 bits per heavy atom. The molecule has 0 saturated heterocycles. The van der Waals surface area contributed by atoms with Gasteiger partial charge < -0.3 is 16.1 Å². The molecule has 230 valence electrons. The first-order valence-corrected chi connectivity index (χ1v) is 14.6. The van der Waals surface area contributed by atoms with Crippen molar-refractivity contribution in [3.8, 4) is 17.8 Å². The lowest BCUT2D eigenvalue weighted by Crippen LogP contribution is -2.48. The zero-order chi connectivity index (χ0) is 31.9. The highest BCUT2D eigenvalue weighted by Crippen LogP contribution is 2.47. The van der Waals surface area contributed by atoms with Gasteiger partial charge in [0.05, 0.1) is 39.8 Å². The Kier molecular flexibility index (Phi) is 7.51. The van der Waals surface area contributed by atoms with E-state index >= 15 is 0 Å². The quantitative estimate of drug-likeness (QED) is 0.194. The monoisotopic (exact) mass is 609 g/mol. The number of rotatable bonds is 9. The van der Waals surface area contributed by atoms with E-state index in [0.29, 0.717) is 58.5 Å². The molecular weight excluding hydrogens is 576 g/mol. The number of hydrazine groups is 2. The maximum absolute atomic E-state index is 14.0. The van der Waals surface area contributed by atoms with Crippen molar-refractivity contribution in [2.75, 3.05) is 17.2 Å². The summed E-state index contributed by atoms with van der Waals surface area (Å²) in [6.07, 6.45) is 4.44. The number of nitrogens with one attached hydrogen (secondary N) is 4. The molecule has 45 heavy (non-hydrogen) atoms. The highest BCUT2D eigenvalue weighted by atomic mass is 19.3. The third-order valence-electron chi connectivity index (χ3n) is 8.19. The minimum atomic E-state index is -2.52. The average Bonchev–Trinajstić information content (AvgIpc) is 3.39. The molecule has 0 amide bonds. The molecule has 13 heteroatoms. The molecule has 2 aliphatic rings. The summed E-state index contributed by atoms with van der Waals surface area (Å²) in [5.41, 5.74) is 10.2. The van der Waals surface area contributed by atoms with Crippen molar-refractivity contribution in [3.63, 3.8) is 0 Å². The van der Waals surface area contributed by atoms with Gasteiger partial charge in [-0.05, 0) is 54.5 Å². The number of alkyl halides is 2. The highest BCUT2D eigenvalue weighted by Gasteiger charge is 2.56. The second-order valence-electron chi connectivity index (χ2n) is 12.6. The van der Waals surface area contributed by atoms with Crippen LogP contribution in [0.5, 0.6) is 0 Å². The maximum atomic E-state index is 14.0. The van der Waals surface area contributed by atoms with Crippen molar-refractivity contribution in [3.05, 3.63) is 83.3 Å². The molecule has 1 fully saturated rings. The SMILES string of the molecule is Cc1c([C@H](Nc2cc(C#N)c3ncc(C#N)c(NCC(C)(C)C)c3c2)C2=CN(C3(C(F)F)CC3)NN2)cccc1-n1cncn1. The van der Waals surface area contributed by atoms with E-state index in [2.05, 4.69) is 69.6 Å². The van der Waals surface area contributed by atoms with Crippen molar-refractivity contribution < 1.29 is 8.78 Å². The van der Waals surface area contributed by atoms with Crippen LogP contribution < -0.4 is 21.6 Å².